The van der Waals surface area contributed by atoms with Gasteiger partial charge in [-0.15, -0.1) is 0 Å². The van der Waals surface area contributed by atoms with Crippen LogP contribution in [0, 0.1) is 13.8 Å². The van der Waals surface area contributed by atoms with Crippen molar-refractivity contribution in [2.24, 2.45) is 0 Å². The van der Waals surface area contributed by atoms with E-state index in [2.05, 4.69) is 63.7 Å². The lowest BCUT2D eigenvalue weighted by atomic mass is 9.80. The highest BCUT2D eigenvalue weighted by Crippen LogP contribution is 2.38. The largest absolute Gasteiger partial charge is 0.497 e. The van der Waals surface area contributed by atoms with Crippen LogP contribution in [0.2, 0.25) is 0 Å². The predicted molar refractivity (Wildman–Crippen MR) is 98.4 cm³/mol. The number of hydrogen-bond donors (Lipinski definition) is 0. The van der Waals surface area contributed by atoms with Crippen molar-refractivity contribution in [3.05, 3.63) is 81.9 Å². The Morgan fingerprint density at radius 2 is 1.74 bits per heavy atom. The molecule has 0 N–H and O–H groups in total. The second-order valence-corrected chi connectivity index (χ2v) is 6.47. The molecule has 1 aliphatic carbocycles. The summed E-state index contributed by atoms with van der Waals surface area (Å²) in [6.45, 7) is 10.6. The van der Waals surface area contributed by atoms with Crippen molar-refractivity contribution in [1.29, 1.82) is 0 Å². The molecule has 2 aromatic carbocycles. The van der Waals surface area contributed by atoms with Gasteiger partial charge in [-0.3, -0.25) is 0 Å². The number of allylic oxidation sites excluding steroid dienone is 1. The van der Waals surface area contributed by atoms with Crippen LogP contribution in [0.1, 0.15) is 46.7 Å². The standard InChI is InChI=1S/C22H24O/c1-14-6-11-20(16(3)12-14)22-15(2)7-8-18-9-10-19(13-21(18)22)17(4)23-5/h6,9-13H,4,7-8H2,1-3,5H3. The molecule has 0 aromatic heterocycles. The molecule has 23 heavy (non-hydrogen) atoms. The third-order valence-corrected chi connectivity index (χ3v) is 4.79. The smallest absolute Gasteiger partial charge is 0.118 e. The SMILES string of the molecule is C=C(OC)c1ccc2c(c1)C(c1ccc(C)cc1C)=C(C)CC2. The summed E-state index contributed by atoms with van der Waals surface area (Å²) in [7, 11) is 1.67. The van der Waals surface area contributed by atoms with E-state index < -0.39 is 0 Å². The van der Waals surface area contributed by atoms with Gasteiger partial charge in [-0.2, -0.15) is 0 Å². The van der Waals surface area contributed by atoms with Crippen LogP contribution in [-0.4, -0.2) is 7.11 Å². The molecule has 0 atom stereocenters. The monoisotopic (exact) mass is 304 g/mol. The zero-order valence-electron chi connectivity index (χ0n) is 14.5. The number of aryl methyl sites for hydroxylation is 3. The molecule has 0 bridgehead atoms. The van der Waals surface area contributed by atoms with Crippen molar-refractivity contribution < 1.29 is 4.74 Å². The molecule has 1 aliphatic rings. The van der Waals surface area contributed by atoms with Gasteiger partial charge < -0.3 is 4.74 Å². The average molecular weight is 304 g/mol. The van der Waals surface area contributed by atoms with Gasteiger partial charge in [0, 0.05) is 5.56 Å². The molecular weight excluding hydrogens is 280 g/mol. The summed E-state index contributed by atoms with van der Waals surface area (Å²) in [5.74, 6) is 0.719. The maximum atomic E-state index is 5.32. The van der Waals surface area contributed by atoms with Crippen LogP contribution < -0.4 is 0 Å². The van der Waals surface area contributed by atoms with Crippen molar-refractivity contribution in [3.8, 4) is 0 Å². The van der Waals surface area contributed by atoms with E-state index in [9.17, 15) is 0 Å². The third kappa shape index (κ3) is 2.84. The fraction of sp³-hybridized carbons (Fsp3) is 0.273. The van der Waals surface area contributed by atoms with E-state index in [1.807, 2.05) is 0 Å². The topological polar surface area (TPSA) is 9.23 Å². The summed E-state index contributed by atoms with van der Waals surface area (Å²) in [5.41, 5.74) is 10.6. The Labute approximate surface area is 139 Å². The lowest BCUT2D eigenvalue weighted by molar-refractivity contribution is 0.371. The first-order valence-corrected chi connectivity index (χ1v) is 8.15. The predicted octanol–water partition coefficient (Wildman–Crippen LogP) is 5.69. The highest BCUT2D eigenvalue weighted by Gasteiger charge is 2.20. The second kappa shape index (κ2) is 6.08. The molecular formula is C22H24O. The number of rotatable bonds is 3. The Morgan fingerprint density at radius 3 is 2.43 bits per heavy atom. The normalized spacial score (nSPS) is 13.7. The van der Waals surface area contributed by atoms with Crippen molar-refractivity contribution in [1.82, 2.24) is 0 Å². The van der Waals surface area contributed by atoms with Crippen LogP contribution >= 0.6 is 0 Å². The molecule has 0 heterocycles. The van der Waals surface area contributed by atoms with Gasteiger partial charge in [-0.1, -0.05) is 48.0 Å². The first-order chi connectivity index (χ1) is 11.0. The highest BCUT2D eigenvalue weighted by molar-refractivity contribution is 5.87. The van der Waals surface area contributed by atoms with Gasteiger partial charge in [0.25, 0.3) is 0 Å². The molecule has 0 aliphatic heterocycles. The molecule has 0 spiro atoms. The molecule has 0 unspecified atom stereocenters. The maximum Gasteiger partial charge on any atom is 0.118 e. The van der Waals surface area contributed by atoms with E-state index in [0.717, 1.165) is 24.2 Å². The Balaban J connectivity index is 2.20. The van der Waals surface area contributed by atoms with Gasteiger partial charge in [-0.25, -0.2) is 0 Å². The van der Waals surface area contributed by atoms with Crippen LogP contribution in [0.4, 0.5) is 0 Å². The molecule has 2 aromatic rings. The van der Waals surface area contributed by atoms with Crippen molar-refractivity contribution in [2.45, 2.75) is 33.6 Å². The van der Waals surface area contributed by atoms with Gasteiger partial charge in [0.1, 0.15) is 5.76 Å². The minimum absolute atomic E-state index is 0.719. The van der Waals surface area contributed by atoms with Gasteiger partial charge in [-0.05, 0) is 67.5 Å². The molecule has 118 valence electrons. The molecule has 0 radical (unpaired) electrons. The lowest BCUT2D eigenvalue weighted by Crippen LogP contribution is -2.07. The molecule has 0 saturated carbocycles. The number of fused-ring (bicyclic) bond motifs is 1. The van der Waals surface area contributed by atoms with E-state index in [-0.39, 0.29) is 0 Å². The Bertz CT molecular complexity index is 809. The quantitative estimate of drug-likeness (QED) is 0.662. The van der Waals surface area contributed by atoms with Gasteiger partial charge in [0.05, 0.1) is 7.11 Å². The number of benzene rings is 2. The first kappa shape index (κ1) is 15.6. The minimum Gasteiger partial charge on any atom is -0.497 e. The maximum absolute atomic E-state index is 5.32. The van der Waals surface area contributed by atoms with Crippen molar-refractivity contribution >= 4 is 11.3 Å². The van der Waals surface area contributed by atoms with E-state index in [4.69, 9.17) is 4.74 Å². The highest BCUT2D eigenvalue weighted by atomic mass is 16.5. The summed E-state index contributed by atoms with van der Waals surface area (Å²) in [4.78, 5) is 0. The summed E-state index contributed by atoms with van der Waals surface area (Å²) in [6, 6.07) is 13.3. The van der Waals surface area contributed by atoms with E-state index >= 15 is 0 Å². The zero-order valence-corrected chi connectivity index (χ0v) is 14.5. The second-order valence-electron chi connectivity index (χ2n) is 6.47. The van der Waals surface area contributed by atoms with Gasteiger partial charge >= 0.3 is 0 Å². The number of methoxy groups -OCH3 is 1. The van der Waals surface area contributed by atoms with E-state index in [0.29, 0.717) is 0 Å². The lowest BCUT2D eigenvalue weighted by Gasteiger charge is -2.24. The van der Waals surface area contributed by atoms with Crippen molar-refractivity contribution in [2.75, 3.05) is 7.11 Å². The Morgan fingerprint density at radius 1 is 0.957 bits per heavy atom. The van der Waals surface area contributed by atoms with E-state index in [1.54, 1.807) is 7.11 Å². The minimum atomic E-state index is 0.719. The third-order valence-electron chi connectivity index (χ3n) is 4.79. The average Bonchev–Trinajstić information content (AvgIpc) is 2.54. The van der Waals surface area contributed by atoms with E-state index in [1.165, 1.54) is 39.0 Å². The zero-order chi connectivity index (χ0) is 16.6. The summed E-state index contributed by atoms with van der Waals surface area (Å²) in [5, 5.41) is 0. The molecule has 3 rings (SSSR count). The van der Waals surface area contributed by atoms with Crippen molar-refractivity contribution in [3.63, 3.8) is 0 Å². The molecule has 0 fully saturated rings. The molecule has 0 saturated heterocycles. The fourth-order valence-electron chi connectivity index (χ4n) is 3.46. The van der Waals surface area contributed by atoms with Crippen LogP contribution in [-0.2, 0) is 11.2 Å². The summed E-state index contributed by atoms with van der Waals surface area (Å²) >= 11 is 0. The Kier molecular flexibility index (Phi) is 4.12. The molecule has 0 amide bonds. The van der Waals surface area contributed by atoms with Gasteiger partial charge in [0.2, 0.25) is 0 Å². The molecule has 1 heteroatoms. The van der Waals surface area contributed by atoms with Crippen LogP contribution in [0.25, 0.3) is 11.3 Å². The van der Waals surface area contributed by atoms with Crippen LogP contribution in [0.5, 0.6) is 0 Å². The van der Waals surface area contributed by atoms with Crippen LogP contribution in [0.15, 0.2) is 48.6 Å². The fourth-order valence-corrected chi connectivity index (χ4v) is 3.46. The molecule has 1 nitrogen and oxygen atoms in total. The first-order valence-electron chi connectivity index (χ1n) is 8.15. The number of ether oxygens (including phenoxy) is 1. The summed E-state index contributed by atoms with van der Waals surface area (Å²) in [6.07, 6.45) is 2.23. The number of hydrogen-bond acceptors (Lipinski definition) is 1. The summed E-state index contributed by atoms with van der Waals surface area (Å²) < 4.78 is 5.32. The van der Waals surface area contributed by atoms with Gasteiger partial charge in [0.15, 0.2) is 0 Å². The van der Waals surface area contributed by atoms with Crippen LogP contribution in [0.3, 0.4) is 0 Å². The Hall–Kier alpha value is -2.28.